The molecule has 1 amide bonds. The first-order valence-corrected chi connectivity index (χ1v) is 6.95. The number of aromatic nitrogens is 1. The van der Waals surface area contributed by atoms with Gasteiger partial charge in [-0.3, -0.25) is 4.79 Å². The van der Waals surface area contributed by atoms with Gasteiger partial charge in [-0.05, 0) is 26.7 Å². The summed E-state index contributed by atoms with van der Waals surface area (Å²) in [5.74, 6) is -0.553. The summed E-state index contributed by atoms with van der Waals surface area (Å²) < 4.78 is 4.85. The number of rotatable bonds is 3. The Balaban J connectivity index is 2.10. The van der Waals surface area contributed by atoms with Gasteiger partial charge in [-0.15, -0.1) is 11.3 Å². The van der Waals surface area contributed by atoms with Crippen molar-refractivity contribution in [3.63, 3.8) is 0 Å². The van der Waals surface area contributed by atoms with Crippen molar-refractivity contribution < 1.29 is 14.3 Å². The minimum Gasteiger partial charge on any atom is -0.461 e. The second-order valence-corrected chi connectivity index (χ2v) is 5.11. The monoisotopic (exact) mass is 268 g/mol. The van der Waals surface area contributed by atoms with Crippen molar-refractivity contribution in [2.75, 3.05) is 13.2 Å². The Hall–Kier alpha value is -1.43. The molecule has 6 heteroatoms. The van der Waals surface area contributed by atoms with E-state index >= 15 is 0 Å². The number of ether oxygens (including phenoxy) is 1. The van der Waals surface area contributed by atoms with Crippen LogP contribution < -0.4 is 0 Å². The molecule has 0 bridgehead atoms. The van der Waals surface area contributed by atoms with Gasteiger partial charge in [0.1, 0.15) is 5.69 Å². The highest BCUT2D eigenvalue weighted by atomic mass is 32.1. The molecule has 0 radical (unpaired) electrons. The summed E-state index contributed by atoms with van der Waals surface area (Å²) in [6, 6.07) is 0.255. The van der Waals surface area contributed by atoms with Crippen LogP contribution in [0.4, 0.5) is 0 Å². The topological polar surface area (TPSA) is 59.5 Å². The third-order valence-electron chi connectivity index (χ3n) is 2.99. The molecular formula is C12H16N2O3S. The molecule has 2 rings (SSSR count). The van der Waals surface area contributed by atoms with E-state index in [1.54, 1.807) is 12.3 Å². The lowest BCUT2D eigenvalue weighted by molar-refractivity contribution is 0.0526. The van der Waals surface area contributed by atoms with Crippen molar-refractivity contribution >= 4 is 23.2 Å². The Morgan fingerprint density at radius 3 is 3.00 bits per heavy atom. The van der Waals surface area contributed by atoms with Crippen LogP contribution in [0.1, 0.15) is 47.0 Å². The number of amides is 1. The van der Waals surface area contributed by atoms with Gasteiger partial charge in [0, 0.05) is 18.0 Å². The predicted octanol–water partition coefficient (Wildman–Crippen LogP) is 1.94. The summed E-state index contributed by atoms with van der Waals surface area (Å²) in [7, 11) is 0. The molecule has 18 heavy (non-hydrogen) atoms. The minimum atomic E-state index is -0.462. The van der Waals surface area contributed by atoms with Crippen LogP contribution in [-0.4, -0.2) is 41.0 Å². The smallest absolute Gasteiger partial charge is 0.367 e. The number of likely N-dealkylation sites (tertiary alicyclic amines) is 1. The Bertz CT molecular complexity index is 458. The van der Waals surface area contributed by atoms with E-state index in [-0.39, 0.29) is 17.0 Å². The van der Waals surface area contributed by atoms with Gasteiger partial charge in [0.2, 0.25) is 5.01 Å². The zero-order valence-electron chi connectivity index (χ0n) is 10.5. The van der Waals surface area contributed by atoms with Crippen LogP contribution in [0.2, 0.25) is 0 Å². The molecule has 98 valence electrons. The van der Waals surface area contributed by atoms with Crippen LogP contribution in [0.15, 0.2) is 5.38 Å². The fraction of sp³-hybridized carbons (Fsp3) is 0.583. The van der Waals surface area contributed by atoms with Gasteiger partial charge in [0.15, 0.2) is 0 Å². The van der Waals surface area contributed by atoms with Gasteiger partial charge in [0.05, 0.1) is 6.61 Å². The number of carbonyl (C=O) groups is 2. The van der Waals surface area contributed by atoms with Crippen LogP contribution in [0.3, 0.4) is 0 Å². The summed E-state index contributed by atoms with van der Waals surface area (Å²) in [5, 5.41) is 1.87. The first-order chi connectivity index (χ1) is 8.63. The molecule has 1 saturated heterocycles. The second-order valence-electron chi connectivity index (χ2n) is 4.25. The third kappa shape index (κ3) is 2.53. The van der Waals surface area contributed by atoms with Gasteiger partial charge < -0.3 is 9.64 Å². The third-order valence-corrected chi connectivity index (χ3v) is 3.81. The lowest BCUT2D eigenvalue weighted by Crippen LogP contribution is -2.33. The number of thiazole rings is 1. The average molecular weight is 268 g/mol. The summed E-state index contributed by atoms with van der Waals surface area (Å²) in [4.78, 5) is 29.5. The van der Waals surface area contributed by atoms with E-state index in [4.69, 9.17) is 4.74 Å². The maximum atomic E-state index is 12.2. The van der Waals surface area contributed by atoms with E-state index in [1.807, 2.05) is 11.8 Å². The van der Waals surface area contributed by atoms with E-state index in [9.17, 15) is 9.59 Å². The summed E-state index contributed by atoms with van der Waals surface area (Å²) >= 11 is 1.15. The maximum Gasteiger partial charge on any atom is 0.367 e. The lowest BCUT2D eigenvalue weighted by Gasteiger charge is -2.19. The molecule has 1 atom stereocenters. The SMILES string of the molecule is CCOC(=O)c1nc(C(=O)N2CCCC2C)cs1. The molecule has 0 spiro atoms. The van der Waals surface area contributed by atoms with Crippen molar-refractivity contribution in [1.29, 1.82) is 0 Å². The minimum absolute atomic E-state index is 0.0909. The van der Waals surface area contributed by atoms with Crippen molar-refractivity contribution in [1.82, 2.24) is 9.88 Å². The molecule has 1 unspecified atom stereocenters. The van der Waals surface area contributed by atoms with Crippen LogP contribution in [0.5, 0.6) is 0 Å². The Morgan fingerprint density at radius 1 is 1.61 bits per heavy atom. The molecule has 5 nitrogen and oxygen atoms in total. The van der Waals surface area contributed by atoms with Crippen molar-refractivity contribution in [3.05, 3.63) is 16.1 Å². The van der Waals surface area contributed by atoms with Crippen LogP contribution >= 0.6 is 11.3 Å². The molecule has 1 aliphatic rings. The van der Waals surface area contributed by atoms with Gasteiger partial charge in [0.25, 0.3) is 5.91 Å². The Labute approximate surface area is 110 Å². The molecule has 1 aromatic rings. The highest BCUT2D eigenvalue weighted by Gasteiger charge is 2.28. The highest BCUT2D eigenvalue weighted by Crippen LogP contribution is 2.20. The molecule has 1 aromatic heterocycles. The standard InChI is InChI=1S/C12H16N2O3S/c1-3-17-12(16)10-13-9(7-18-10)11(15)14-6-4-5-8(14)2/h7-8H,3-6H2,1-2H3. The molecule has 2 heterocycles. The van der Waals surface area contributed by atoms with Gasteiger partial charge in [-0.1, -0.05) is 0 Å². The number of carbonyl (C=O) groups excluding carboxylic acids is 2. The van der Waals surface area contributed by atoms with E-state index in [0.717, 1.165) is 30.7 Å². The van der Waals surface area contributed by atoms with Crippen molar-refractivity contribution in [2.24, 2.45) is 0 Å². The van der Waals surface area contributed by atoms with Crippen LogP contribution in [0, 0.1) is 0 Å². The normalized spacial score (nSPS) is 19.0. The van der Waals surface area contributed by atoms with Gasteiger partial charge >= 0.3 is 5.97 Å². The van der Waals surface area contributed by atoms with Gasteiger partial charge in [-0.25, -0.2) is 9.78 Å². The number of hydrogen-bond acceptors (Lipinski definition) is 5. The van der Waals surface area contributed by atoms with E-state index in [2.05, 4.69) is 4.98 Å². The van der Waals surface area contributed by atoms with Crippen molar-refractivity contribution in [3.8, 4) is 0 Å². The number of nitrogens with zero attached hydrogens (tertiary/aromatic N) is 2. The first-order valence-electron chi connectivity index (χ1n) is 6.07. The predicted molar refractivity (Wildman–Crippen MR) is 67.8 cm³/mol. The molecule has 0 N–H and O–H groups in total. The molecule has 0 aliphatic carbocycles. The Kier molecular flexibility index (Phi) is 3.96. The molecule has 1 aliphatic heterocycles. The maximum absolute atomic E-state index is 12.2. The van der Waals surface area contributed by atoms with Crippen molar-refractivity contribution in [2.45, 2.75) is 32.7 Å². The second kappa shape index (κ2) is 5.48. The first kappa shape index (κ1) is 13.0. The van der Waals surface area contributed by atoms with Gasteiger partial charge in [-0.2, -0.15) is 0 Å². The van der Waals surface area contributed by atoms with Crippen LogP contribution in [0.25, 0.3) is 0 Å². The average Bonchev–Trinajstić information content (AvgIpc) is 2.97. The van der Waals surface area contributed by atoms with E-state index < -0.39 is 5.97 Å². The summed E-state index contributed by atoms with van der Waals surface area (Å²) in [5.41, 5.74) is 0.344. The van der Waals surface area contributed by atoms with E-state index in [1.165, 1.54) is 0 Å². The molecular weight excluding hydrogens is 252 g/mol. The fourth-order valence-corrected chi connectivity index (χ4v) is 2.72. The molecule has 0 saturated carbocycles. The highest BCUT2D eigenvalue weighted by molar-refractivity contribution is 7.11. The summed E-state index contributed by atoms with van der Waals surface area (Å²) in [6.07, 6.45) is 2.06. The number of esters is 1. The molecule has 0 aromatic carbocycles. The zero-order chi connectivity index (χ0) is 13.1. The zero-order valence-corrected chi connectivity index (χ0v) is 11.3. The molecule has 1 fully saturated rings. The lowest BCUT2D eigenvalue weighted by atomic mass is 10.2. The quantitative estimate of drug-likeness (QED) is 0.786. The summed E-state index contributed by atoms with van der Waals surface area (Å²) in [6.45, 7) is 4.85. The van der Waals surface area contributed by atoms with E-state index in [0.29, 0.717) is 12.3 Å². The fourth-order valence-electron chi connectivity index (χ4n) is 2.04. The Morgan fingerprint density at radius 2 is 2.39 bits per heavy atom. The van der Waals surface area contributed by atoms with Crippen LogP contribution in [-0.2, 0) is 4.74 Å². The number of hydrogen-bond donors (Lipinski definition) is 0. The largest absolute Gasteiger partial charge is 0.461 e.